The van der Waals surface area contributed by atoms with Crippen LogP contribution in [-0.2, 0) is 22.6 Å². The normalized spacial score (nSPS) is 22.2. The topological polar surface area (TPSA) is 121 Å². The Bertz CT molecular complexity index is 714. The molecule has 8 nitrogen and oxygen atoms in total. The van der Waals surface area contributed by atoms with Crippen LogP contribution in [0.5, 0.6) is 0 Å². The minimum absolute atomic E-state index is 0.000310. The summed E-state index contributed by atoms with van der Waals surface area (Å²) in [6.07, 6.45) is 6.02. The number of hydrogen-bond acceptors (Lipinski definition) is 4. The van der Waals surface area contributed by atoms with Crippen molar-refractivity contribution >= 4 is 17.7 Å². The number of primary amides is 1. The van der Waals surface area contributed by atoms with E-state index in [-0.39, 0.29) is 29.3 Å². The van der Waals surface area contributed by atoms with Gasteiger partial charge in [0.15, 0.2) is 5.69 Å². The standard InChI is InChI=1S/C19H29N5O3/c1-2-3-9-21-18(26)12-6-4-5-7-13(12)19(27)24-10-8-15-14(11-24)16(17(20)25)23-22-15/h12-13H,2-11H2,1H3,(H2,20,25)(H,21,26)(H,22,23)/t12-,13+/m1/s1. The Morgan fingerprint density at radius 1 is 1.26 bits per heavy atom. The first kappa shape index (κ1) is 19.4. The summed E-state index contributed by atoms with van der Waals surface area (Å²) >= 11 is 0. The zero-order valence-electron chi connectivity index (χ0n) is 15.9. The zero-order chi connectivity index (χ0) is 19.4. The van der Waals surface area contributed by atoms with Crippen LogP contribution in [0, 0.1) is 11.8 Å². The van der Waals surface area contributed by atoms with Crippen molar-refractivity contribution in [3.63, 3.8) is 0 Å². The number of carbonyl (C=O) groups excluding carboxylic acids is 3. The highest BCUT2D eigenvalue weighted by Gasteiger charge is 2.39. The number of aromatic amines is 1. The molecule has 1 fully saturated rings. The first-order valence-electron chi connectivity index (χ1n) is 9.95. The molecule has 2 heterocycles. The lowest BCUT2D eigenvalue weighted by Gasteiger charge is -2.35. The summed E-state index contributed by atoms with van der Waals surface area (Å²) in [5.41, 5.74) is 7.17. The number of H-pyrrole nitrogens is 1. The van der Waals surface area contributed by atoms with Crippen molar-refractivity contribution in [1.29, 1.82) is 0 Å². The molecule has 2 atom stereocenters. The van der Waals surface area contributed by atoms with Crippen LogP contribution < -0.4 is 11.1 Å². The predicted molar refractivity (Wildman–Crippen MR) is 99.6 cm³/mol. The molecule has 0 saturated heterocycles. The molecule has 0 unspecified atom stereocenters. The molecule has 1 aromatic rings. The van der Waals surface area contributed by atoms with Gasteiger partial charge in [0, 0.05) is 49.1 Å². The second-order valence-electron chi connectivity index (χ2n) is 7.55. The number of rotatable bonds is 6. The van der Waals surface area contributed by atoms with Crippen LogP contribution in [-0.4, -0.2) is 45.9 Å². The van der Waals surface area contributed by atoms with E-state index < -0.39 is 5.91 Å². The average molecular weight is 375 g/mol. The van der Waals surface area contributed by atoms with Gasteiger partial charge in [-0.1, -0.05) is 26.2 Å². The third kappa shape index (κ3) is 4.14. The van der Waals surface area contributed by atoms with Crippen LogP contribution in [0.25, 0.3) is 0 Å². The van der Waals surface area contributed by atoms with Gasteiger partial charge >= 0.3 is 0 Å². The number of carbonyl (C=O) groups is 3. The van der Waals surface area contributed by atoms with Gasteiger partial charge in [0.2, 0.25) is 11.8 Å². The van der Waals surface area contributed by atoms with Gasteiger partial charge in [0.1, 0.15) is 0 Å². The zero-order valence-corrected chi connectivity index (χ0v) is 15.9. The lowest BCUT2D eigenvalue weighted by atomic mass is 9.77. The van der Waals surface area contributed by atoms with Crippen LogP contribution in [0.2, 0.25) is 0 Å². The lowest BCUT2D eigenvalue weighted by Crippen LogP contribution is -2.47. The fourth-order valence-electron chi connectivity index (χ4n) is 4.18. The van der Waals surface area contributed by atoms with Crippen LogP contribution in [0.3, 0.4) is 0 Å². The molecule has 0 radical (unpaired) electrons. The van der Waals surface area contributed by atoms with Crippen LogP contribution in [0.4, 0.5) is 0 Å². The maximum atomic E-state index is 13.2. The summed E-state index contributed by atoms with van der Waals surface area (Å²) in [7, 11) is 0. The number of fused-ring (bicyclic) bond motifs is 1. The number of hydrogen-bond donors (Lipinski definition) is 3. The quantitative estimate of drug-likeness (QED) is 0.645. The molecular weight excluding hydrogens is 346 g/mol. The monoisotopic (exact) mass is 375 g/mol. The number of nitrogens with one attached hydrogen (secondary N) is 2. The Balaban J connectivity index is 1.70. The van der Waals surface area contributed by atoms with E-state index in [1.165, 1.54) is 0 Å². The fraction of sp³-hybridized carbons (Fsp3) is 0.684. The Hall–Kier alpha value is -2.38. The Morgan fingerprint density at radius 2 is 2.00 bits per heavy atom. The molecule has 2 aliphatic rings. The van der Waals surface area contributed by atoms with Crippen LogP contribution in [0.15, 0.2) is 0 Å². The van der Waals surface area contributed by atoms with E-state index in [1.54, 1.807) is 4.90 Å². The second kappa shape index (κ2) is 8.54. The molecule has 1 aliphatic heterocycles. The van der Waals surface area contributed by atoms with E-state index in [9.17, 15) is 14.4 Å². The number of unbranched alkanes of at least 4 members (excludes halogenated alkanes) is 1. The molecule has 0 spiro atoms. The highest BCUT2D eigenvalue weighted by molar-refractivity contribution is 5.93. The molecule has 148 valence electrons. The van der Waals surface area contributed by atoms with Gasteiger partial charge in [-0.2, -0.15) is 5.10 Å². The van der Waals surface area contributed by atoms with E-state index in [0.29, 0.717) is 31.6 Å². The van der Waals surface area contributed by atoms with E-state index >= 15 is 0 Å². The Labute approximate surface area is 159 Å². The van der Waals surface area contributed by atoms with Gasteiger partial charge in [0.25, 0.3) is 5.91 Å². The average Bonchev–Trinajstić information content (AvgIpc) is 3.11. The van der Waals surface area contributed by atoms with E-state index in [4.69, 9.17) is 5.73 Å². The van der Waals surface area contributed by atoms with Crippen LogP contribution >= 0.6 is 0 Å². The Kier molecular flexibility index (Phi) is 6.13. The second-order valence-corrected chi connectivity index (χ2v) is 7.55. The number of aromatic nitrogens is 2. The number of nitrogens with two attached hydrogens (primary N) is 1. The Morgan fingerprint density at radius 3 is 2.70 bits per heavy atom. The van der Waals surface area contributed by atoms with E-state index in [2.05, 4.69) is 22.4 Å². The SMILES string of the molecule is CCCCNC(=O)[C@@H]1CCCC[C@@H]1C(=O)N1CCc2[nH]nc(C(N)=O)c2C1. The highest BCUT2D eigenvalue weighted by Crippen LogP contribution is 2.33. The van der Waals surface area contributed by atoms with E-state index in [1.807, 2.05) is 0 Å². The van der Waals surface area contributed by atoms with Gasteiger partial charge in [-0.15, -0.1) is 0 Å². The molecule has 0 bridgehead atoms. The molecule has 1 saturated carbocycles. The molecule has 1 aliphatic carbocycles. The van der Waals surface area contributed by atoms with Gasteiger partial charge in [0.05, 0.1) is 0 Å². The number of nitrogens with zero attached hydrogens (tertiary/aromatic N) is 2. The molecule has 4 N–H and O–H groups in total. The van der Waals surface area contributed by atoms with Crippen molar-refractivity contribution in [3.05, 3.63) is 17.0 Å². The highest BCUT2D eigenvalue weighted by atomic mass is 16.2. The van der Waals surface area contributed by atoms with Gasteiger partial charge < -0.3 is 16.0 Å². The first-order valence-corrected chi connectivity index (χ1v) is 9.95. The summed E-state index contributed by atoms with van der Waals surface area (Å²) in [5.74, 6) is -1.13. The third-order valence-corrected chi connectivity index (χ3v) is 5.73. The summed E-state index contributed by atoms with van der Waals surface area (Å²) in [5, 5.41) is 9.83. The van der Waals surface area contributed by atoms with Crippen molar-refractivity contribution in [2.45, 2.75) is 58.4 Å². The van der Waals surface area contributed by atoms with Crippen molar-refractivity contribution in [2.24, 2.45) is 17.6 Å². The molecule has 0 aromatic carbocycles. The third-order valence-electron chi connectivity index (χ3n) is 5.73. The molecule has 27 heavy (non-hydrogen) atoms. The predicted octanol–water partition coefficient (Wildman–Crippen LogP) is 1.12. The van der Waals surface area contributed by atoms with Crippen LogP contribution in [0.1, 0.15) is 67.2 Å². The van der Waals surface area contributed by atoms with Crippen molar-refractivity contribution in [1.82, 2.24) is 20.4 Å². The van der Waals surface area contributed by atoms with Gasteiger partial charge in [-0.05, 0) is 19.3 Å². The number of amides is 3. The maximum Gasteiger partial charge on any atom is 0.269 e. The van der Waals surface area contributed by atoms with E-state index in [0.717, 1.165) is 44.2 Å². The molecule has 8 heteroatoms. The summed E-state index contributed by atoms with van der Waals surface area (Å²) in [6, 6.07) is 0. The van der Waals surface area contributed by atoms with Gasteiger partial charge in [-0.25, -0.2) is 0 Å². The summed E-state index contributed by atoms with van der Waals surface area (Å²) < 4.78 is 0. The lowest BCUT2D eigenvalue weighted by molar-refractivity contribution is -0.144. The molecular formula is C19H29N5O3. The molecule has 3 amide bonds. The smallest absolute Gasteiger partial charge is 0.269 e. The molecule has 1 aromatic heterocycles. The largest absolute Gasteiger partial charge is 0.364 e. The minimum Gasteiger partial charge on any atom is -0.364 e. The van der Waals surface area contributed by atoms with Crippen molar-refractivity contribution in [2.75, 3.05) is 13.1 Å². The summed E-state index contributed by atoms with van der Waals surface area (Å²) in [4.78, 5) is 39.1. The fourth-order valence-corrected chi connectivity index (χ4v) is 4.18. The van der Waals surface area contributed by atoms with Crippen molar-refractivity contribution in [3.8, 4) is 0 Å². The first-order chi connectivity index (χ1) is 13.0. The van der Waals surface area contributed by atoms with Gasteiger partial charge in [-0.3, -0.25) is 19.5 Å². The summed E-state index contributed by atoms with van der Waals surface area (Å²) in [6.45, 7) is 3.63. The molecule has 3 rings (SSSR count). The minimum atomic E-state index is -0.590. The van der Waals surface area contributed by atoms with Crippen molar-refractivity contribution < 1.29 is 14.4 Å². The maximum absolute atomic E-state index is 13.2.